The van der Waals surface area contributed by atoms with E-state index in [9.17, 15) is 9.59 Å². The van der Waals surface area contributed by atoms with Gasteiger partial charge in [-0.05, 0) is 19.3 Å². The highest BCUT2D eigenvalue weighted by Crippen LogP contribution is 2.26. The van der Waals surface area contributed by atoms with Gasteiger partial charge in [0.05, 0.1) is 7.11 Å². The maximum absolute atomic E-state index is 10.5. The maximum Gasteiger partial charge on any atom is 0.323 e. The minimum Gasteiger partial charge on any atom is -0.480 e. The van der Waals surface area contributed by atoms with Crippen LogP contribution in [-0.2, 0) is 14.3 Å². The summed E-state index contributed by atoms with van der Waals surface area (Å²) < 4.78 is 4.46. The van der Waals surface area contributed by atoms with E-state index in [1.165, 1.54) is 7.11 Å². The zero-order valence-corrected chi connectivity index (χ0v) is 11.4. The van der Waals surface area contributed by atoms with Crippen LogP contribution in [0, 0.1) is 0 Å². The van der Waals surface area contributed by atoms with E-state index in [-0.39, 0.29) is 5.97 Å². The van der Waals surface area contributed by atoms with E-state index in [4.69, 9.17) is 10.8 Å². The first-order chi connectivity index (χ1) is 8.46. The van der Waals surface area contributed by atoms with Crippen LogP contribution in [0.2, 0.25) is 0 Å². The molecule has 18 heavy (non-hydrogen) atoms. The highest BCUT2D eigenvalue weighted by Gasteiger charge is 2.36. The molecule has 0 aromatic rings. The highest BCUT2D eigenvalue weighted by molar-refractivity contribution is 5.78. The number of carbonyl (C=O) groups is 2. The summed E-state index contributed by atoms with van der Waals surface area (Å²) in [4.78, 5) is 20.9. The topological polar surface area (TPSA) is 89.6 Å². The second-order valence-corrected chi connectivity index (χ2v) is 4.70. The molecule has 0 atom stereocenters. The van der Waals surface area contributed by atoms with Crippen LogP contribution in [0.3, 0.4) is 0 Å². The molecular weight excluding hydrogens is 234 g/mol. The largest absolute Gasteiger partial charge is 0.480 e. The Morgan fingerprint density at radius 1 is 1.28 bits per heavy atom. The van der Waals surface area contributed by atoms with Crippen molar-refractivity contribution >= 4 is 11.9 Å². The number of nitrogens with two attached hydrogens (primary N) is 1. The van der Waals surface area contributed by atoms with Crippen molar-refractivity contribution in [1.29, 1.82) is 0 Å². The lowest BCUT2D eigenvalue weighted by molar-refractivity contribution is -0.143. The molecule has 3 N–H and O–H groups in total. The first kappa shape index (κ1) is 16.9. The summed E-state index contributed by atoms with van der Waals surface area (Å²) in [6, 6.07) is 0. The summed E-state index contributed by atoms with van der Waals surface area (Å²) in [7, 11) is 1.42. The van der Waals surface area contributed by atoms with E-state index in [2.05, 4.69) is 11.7 Å². The Morgan fingerprint density at radius 3 is 2.17 bits per heavy atom. The van der Waals surface area contributed by atoms with Gasteiger partial charge in [0.2, 0.25) is 0 Å². The molecule has 0 spiro atoms. The van der Waals surface area contributed by atoms with Crippen LogP contribution >= 0.6 is 0 Å². The molecule has 5 heteroatoms. The van der Waals surface area contributed by atoms with Gasteiger partial charge in [0.1, 0.15) is 5.54 Å². The van der Waals surface area contributed by atoms with Crippen LogP contribution in [0.25, 0.3) is 0 Å². The molecule has 1 fully saturated rings. The van der Waals surface area contributed by atoms with Crippen molar-refractivity contribution < 1.29 is 19.4 Å². The van der Waals surface area contributed by atoms with Crippen LogP contribution in [0.1, 0.15) is 58.3 Å². The van der Waals surface area contributed by atoms with Crippen molar-refractivity contribution in [1.82, 2.24) is 0 Å². The van der Waals surface area contributed by atoms with Crippen LogP contribution in [0.4, 0.5) is 0 Å². The molecule has 0 bridgehead atoms. The number of carboxylic acid groups (broad SMARTS) is 1. The van der Waals surface area contributed by atoms with Crippen LogP contribution in [-0.4, -0.2) is 29.7 Å². The quantitative estimate of drug-likeness (QED) is 0.583. The summed E-state index contributed by atoms with van der Waals surface area (Å²) in [5.41, 5.74) is 4.61. The van der Waals surface area contributed by atoms with E-state index in [0.29, 0.717) is 19.3 Å². The predicted octanol–water partition coefficient (Wildman–Crippen LogP) is 2.08. The van der Waals surface area contributed by atoms with E-state index >= 15 is 0 Å². The monoisotopic (exact) mass is 259 g/mol. The molecule has 1 saturated carbocycles. The number of hydrogen-bond donors (Lipinski definition) is 2. The molecule has 1 rings (SSSR count). The van der Waals surface area contributed by atoms with Crippen molar-refractivity contribution in [2.24, 2.45) is 5.73 Å². The van der Waals surface area contributed by atoms with Gasteiger partial charge in [-0.3, -0.25) is 9.59 Å². The molecule has 0 aromatic carbocycles. The number of methoxy groups -OCH3 is 1. The summed E-state index contributed by atoms with van der Waals surface area (Å²) in [5, 5.41) is 8.55. The third-order valence-electron chi connectivity index (χ3n) is 3.13. The summed E-state index contributed by atoms with van der Waals surface area (Å²) >= 11 is 0. The van der Waals surface area contributed by atoms with Gasteiger partial charge in [0, 0.05) is 6.42 Å². The Kier molecular flexibility index (Phi) is 8.37. The second-order valence-electron chi connectivity index (χ2n) is 4.70. The van der Waals surface area contributed by atoms with E-state index in [1.54, 1.807) is 0 Å². The van der Waals surface area contributed by atoms with E-state index in [0.717, 1.165) is 32.1 Å². The van der Waals surface area contributed by atoms with Gasteiger partial charge in [-0.2, -0.15) is 0 Å². The molecule has 0 aliphatic heterocycles. The Balaban J connectivity index is 0.000000321. The SMILES string of the molecule is CCCCCC(=O)OC.NC1(C(=O)O)CCCC1. The molecule has 0 heterocycles. The number of ether oxygens (including phenoxy) is 1. The number of esters is 1. The molecule has 0 radical (unpaired) electrons. The van der Waals surface area contributed by atoms with Gasteiger partial charge in [-0.15, -0.1) is 0 Å². The number of hydrogen-bond acceptors (Lipinski definition) is 4. The fourth-order valence-corrected chi connectivity index (χ4v) is 1.84. The summed E-state index contributed by atoms with van der Waals surface area (Å²) in [6.45, 7) is 2.11. The Morgan fingerprint density at radius 2 is 1.83 bits per heavy atom. The average Bonchev–Trinajstić information content (AvgIpc) is 2.78. The third kappa shape index (κ3) is 6.59. The van der Waals surface area contributed by atoms with Crippen LogP contribution in [0.15, 0.2) is 0 Å². The Hall–Kier alpha value is -1.10. The fraction of sp³-hybridized carbons (Fsp3) is 0.846. The van der Waals surface area contributed by atoms with Gasteiger partial charge in [0.15, 0.2) is 0 Å². The smallest absolute Gasteiger partial charge is 0.323 e. The maximum atomic E-state index is 10.5. The van der Waals surface area contributed by atoms with Crippen molar-refractivity contribution in [3.05, 3.63) is 0 Å². The minimum absolute atomic E-state index is 0.0940. The first-order valence-electron chi connectivity index (χ1n) is 6.55. The lowest BCUT2D eigenvalue weighted by atomic mass is 10.0. The molecule has 106 valence electrons. The lowest BCUT2D eigenvalue weighted by Crippen LogP contribution is -2.44. The summed E-state index contributed by atoms with van der Waals surface area (Å²) in [5.74, 6) is -0.941. The molecule has 5 nitrogen and oxygen atoms in total. The van der Waals surface area contributed by atoms with Gasteiger partial charge in [0.25, 0.3) is 0 Å². The lowest BCUT2D eigenvalue weighted by Gasteiger charge is -2.15. The van der Waals surface area contributed by atoms with E-state index in [1.807, 2.05) is 0 Å². The standard InChI is InChI=1S/C7H14O2.C6H11NO2/c1-3-4-5-6-7(8)9-2;7-6(5(8)9)3-1-2-4-6/h3-6H2,1-2H3;1-4,7H2,(H,8,9). The van der Waals surface area contributed by atoms with Gasteiger partial charge in [-0.25, -0.2) is 0 Å². The summed E-state index contributed by atoms with van der Waals surface area (Å²) in [6.07, 6.45) is 7.01. The normalized spacial score (nSPS) is 16.6. The van der Waals surface area contributed by atoms with Crippen LogP contribution < -0.4 is 5.73 Å². The molecule has 1 aliphatic carbocycles. The molecule has 0 amide bonds. The fourth-order valence-electron chi connectivity index (χ4n) is 1.84. The molecule has 1 aliphatic rings. The number of aliphatic carboxylic acids is 1. The van der Waals surface area contributed by atoms with Gasteiger partial charge < -0.3 is 15.6 Å². The number of carboxylic acids is 1. The molecule has 0 saturated heterocycles. The molecule has 0 aromatic heterocycles. The molecule has 0 unspecified atom stereocenters. The minimum atomic E-state index is -0.889. The van der Waals surface area contributed by atoms with Crippen LogP contribution in [0.5, 0.6) is 0 Å². The van der Waals surface area contributed by atoms with Crippen molar-refractivity contribution in [2.45, 2.75) is 63.8 Å². The number of rotatable bonds is 5. The Labute approximate surface area is 109 Å². The third-order valence-corrected chi connectivity index (χ3v) is 3.13. The number of carbonyl (C=O) groups excluding carboxylic acids is 1. The van der Waals surface area contributed by atoms with Gasteiger partial charge in [-0.1, -0.05) is 32.6 Å². The average molecular weight is 259 g/mol. The zero-order valence-electron chi connectivity index (χ0n) is 11.4. The van der Waals surface area contributed by atoms with Crippen molar-refractivity contribution in [2.75, 3.05) is 7.11 Å². The zero-order chi connectivity index (χ0) is 14.0. The Bertz CT molecular complexity index is 260. The molecular formula is C13H25NO4. The predicted molar refractivity (Wildman–Crippen MR) is 69.2 cm³/mol. The number of unbranched alkanes of at least 4 members (excludes halogenated alkanes) is 2. The van der Waals surface area contributed by atoms with E-state index < -0.39 is 11.5 Å². The highest BCUT2D eigenvalue weighted by atomic mass is 16.5. The van der Waals surface area contributed by atoms with Crippen molar-refractivity contribution in [3.8, 4) is 0 Å². The van der Waals surface area contributed by atoms with Gasteiger partial charge >= 0.3 is 11.9 Å². The van der Waals surface area contributed by atoms with Crippen molar-refractivity contribution in [3.63, 3.8) is 0 Å². The second kappa shape index (κ2) is 8.91. The first-order valence-corrected chi connectivity index (χ1v) is 6.55.